The first-order valence-corrected chi connectivity index (χ1v) is 9.17. The summed E-state index contributed by atoms with van der Waals surface area (Å²) in [4.78, 5) is 22.9. The first-order chi connectivity index (χ1) is 11.4. The van der Waals surface area contributed by atoms with E-state index in [0.29, 0.717) is 0 Å². The van der Waals surface area contributed by atoms with Crippen molar-refractivity contribution in [3.8, 4) is 0 Å². The molecule has 1 aliphatic rings. The van der Waals surface area contributed by atoms with Gasteiger partial charge in [0, 0.05) is 11.1 Å². The van der Waals surface area contributed by atoms with Crippen LogP contribution in [0.1, 0.15) is 54.0 Å². The lowest BCUT2D eigenvalue weighted by atomic mass is 10.0. The molecule has 0 atom stereocenters. The zero-order valence-electron chi connectivity index (χ0n) is 14.0. The molecule has 6 heteroatoms. The van der Waals surface area contributed by atoms with Gasteiger partial charge in [-0.25, -0.2) is 13.2 Å². The van der Waals surface area contributed by atoms with Gasteiger partial charge in [-0.05, 0) is 30.3 Å². The third-order valence-electron chi connectivity index (χ3n) is 3.18. The Bertz CT molecular complexity index is 867. The van der Waals surface area contributed by atoms with Crippen molar-refractivity contribution in [2.75, 3.05) is 0 Å². The van der Waals surface area contributed by atoms with Crippen LogP contribution in [0.2, 0.25) is 0 Å². The highest BCUT2D eigenvalue weighted by Gasteiger charge is 2.34. The van der Waals surface area contributed by atoms with Crippen LogP contribution >= 0.6 is 0 Å². The highest BCUT2D eigenvalue weighted by molar-refractivity contribution is 7.91. The van der Waals surface area contributed by atoms with Crippen LogP contribution in [0.3, 0.4) is 0 Å². The van der Waals surface area contributed by atoms with Gasteiger partial charge in [0.05, 0.1) is 15.4 Å². The maximum atomic E-state index is 12.5. The van der Waals surface area contributed by atoms with Gasteiger partial charge >= 0.3 is 5.97 Å². The second kappa shape index (κ2) is 7.88. The predicted octanol–water partition coefficient (Wildman–Crippen LogP) is 3.81. The average Bonchev–Trinajstić information content (AvgIpc) is 2.63. The normalized spacial score (nSPS) is 13.2. The Hall–Kier alpha value is -2.47. The number of carbonyl (C=O) groups is 2. The lowest BCUT2D eigenvalue weighted by molar-refractivity contribution is 0.0696. The van der Waals surface area contributed by atoms with E-state index in [9.17, 15) is 18.0 Å². The topological polar surface area (TPSA) is 88.5 Å². The molecule has 0 amide bonds. The number of sulfone groups is 1. The molecule has 1 heterocycles. The zero-order valence-corrected chi connectivity index (χ0v) is 14.8. The first kappa shape index (κ1) is 19.6. The van der Waals surface area contributed by atoms with Gasteiger partial charge in [0.1, 0.15) is 0 Å². The number of carboxylic acid groups (broad SMARTS) is 1. The van der Waals surface area contributed by atoms with Crippen molar-refractivity contribution in [1.29, 1.82) is 0 Å². The summed E-state index contributed by atoms with van der Waals surface area (Å²) < 4.78 is 24.9. The summed E-state index contributed by atoms with van der Waals surface area (Å²) >= 11 is 0. The van der Waals surface area contributed by atoms with E-state index in [0.717, 1.165) is 6.07 Å². The maximum absolute atomic E-state index is 12.5. The van der Waals surface area contributed by atoms with Crippen molar-refractivity contribution in [2.24, 2.45) is 0 Å². The fourth-order valence-corrected chi connectivity index (χ4v) is 3.89. The molecule has 24 heavy (non-hydrogen) atoms. The molecule has 1 aliphatic heterocycles. The van der Waals surface area contributed by atoms with Crippen molar-refractivity contribution in [2.45, 2.75) is 37.5 Å². The van der Waals surface area contributed by atoms with Crippen LogP contribution < -0.4 is 0 Å². The summed E-state index contributed by atoms with van der Waals surface area (Å²) in [5.41, 5.74) is -0.0451. The molecule has 0 saturated heterocycles. The second-order valence-corrected chi connectivity index (χ2v) is 6.23. The van der Waals surface area contributed by atoms with Gasteiger partial charge < -0.3 is 5.11 Å². The van der Waals surface area contributed by atoms with E-state index >= 15 is 0 Å². The van der Waals surface area contributed by atoms with Gasteiger partial charge in [-0.1, -0.05) is 39.8 Å². The summed E-state index contributed by atoms with van der Waals surface area (Å²) in [7, 11) is -3.87. The van der Waals surface area contributed by atoms with Crippen molar-refractivity contribution >= 4 is 21.6 Å². The minimum absolute atomic E-state index is 0.00806. The molecule has 0 aliphatic carbocycles. The summed E-state index contributed by atoms with van der Waals surface area (Å²) in [5.74, 6) is -1.66. The Labute approximate surface area is 141 Å². The lowest BCUT2D eigenvalue weighted by Crippen LogP contribution is -2.20. The minimum atomic E-state index is -3.87. The van der Waals surface area contributed by atoms with Crippen LogP contribution in [-0.2, 0) is 9.84 Å². The van der Waals surface area contributed by atoms with Crippen LogP contribution in [-0.4, -0.2) is 25.3 Å². The quantitative estimate of drug-likeness (QED) is 0.722. The van der Waals surface area contributed by atoms with E-state index in [1.165, 1.54) is 30.3 Å². The van der Waals surface area contributed by atoms with Gasteiger partial charge in [-0.2, -0.15) is 0 Å². The predicted molar refractivity (Wildman–Crippen MR) is 91.4 cm³/mol. The van der Waals surface area contributed by atoms with Gasteiger partial charge in [0.25, 0.3) is 0 Å². The van der Waals surface area contributed by atoms with Gasteiger partial charge in [-0.15, -0.1) is 0 Å². The molecule has 1 N–H and O–H groups in total. The Balaban J connectivity index is 0.000000671. The molecule has 128 valence electrons. The van der Waals surface area contributed by atoms with E-state index in [-0.39, 0.29) is 26.5 Å². The van der Waals surface area contributed by atoms with E-state index < -0.39 is 21.6 Å². The molecule has 0 spiro atoms. The minimum Gasteiger partial charge on any atom is -0.478 e. The van der Waals surface area contributed by atoms with E-state index in [1.54, 1.807) is 6.07 Å². The summed E-state index contributed by atoms with van der Waals surface area (Å²) in [6.07, 6.45) is 0. The molecule has 0 saturated carbocycles. The third kappa shape index (κ3) is 3.23. The van der Waals surface area contributed by atoms with Crippen LogP contribution in [0.15, 0.2) is 52.3 Å². The number of rotatable bonds is 1. The zero-order chi connectivity index (χ0) is 18.5. The molecule has 0 bridgehead atoms. The largest absolute Gasteiger partial charge is 0.478 e. The van der Waals surface area contributed by atoms with E-state index in [4.69, 9.17) is 5.11 Å². The molecule has 2 aromatic rings. The smallest absolute Gasteiger partial charge is 0.335 e. The van der Waals surface area contributed by atoms with Crippen LogP contribution in [0, 0.1) is 0 Å². The standard InChI is InChI=1S/C14H8O5S.2C2H6/c15-13-9-3-1-2-4-11(9)20(18,19)12-7-8(14(16)17)5-6-10(12)13;2*1-2/h1-7H,(H,16,17);2*1-2H3. The van der Waals surface area contributed by atoms with Crippen LogP contribution in [0.5, 0.6) is 0 Å². The van der Waals surface area contributed by atoms with Crippen LogP contribution in [0.4, 0.5) is 0 Å². The van der Waals surface area contributed by atoms with Crippen molar-refractivity contribution < 1.29 is 23.1 Å². The third-order valence-corrected chi connectivity index (χ3v) is 5.04. The average molecular weight is 348 g/mol. The number of hydrogen-bond donors (Lipinski definition) is 1. The number of benzene rings is 2. The lowest BCUT2D eigenvalue weighted by Gasteiger charge is -2.18. The maximum Gasteiger partial charge on any atom is 0.335 e. The molecule has 5 nitrogen and oxygen atoms in total. The number of carbonyl (C=O) groups excluding carboxylic acids is 1. The first-order valence-electron chi connectivity index (χ1n) is 7.69. The highest BCUT2D eigenvalue weighted by Crippen LogP contribution is 2.34. The summed E-state index contributed by atoms with van der Waals surface area (Å²) in [6, 6.07) is 9.40. The molecule has 0 radical (unpaired) electrons. The molecule has 2 aromatic carbocycles. The fourth-order valence-electron chi connectivity index (χ4n) is 2.22. The van der Waals surface area contributed by atoms with Gasteiger partial charge in [0.15, 0.2) is 5.78 Å². The van der Waals surface area contributed by atoms with E-state index in [1.807, 2.05) is 27.7 Å². The Kier molecular flexibility index (Phi) is 6.42. The van der Waals surface area contributed by atoms with Crippen molar-refractivity contribution in [3.63, 3.8) is 0 Å². The molecular weight excluding hydrogens is 328 g/mol. The Morgan fingerprint density at radius 1 is 0.875 bits per heavy atom. The molecular formula is C18H20O5S. The monoisotopic (exact) mass is 348 g/mol. The van der Waals surface area contributed by atoms with E-state index in [2.05, 4.69) is 0 Å². The highest BCUT2D eigenvalue weighted by atomic mass is 32.2. The second-order valence-electron chi connectivity index (χ2n) is 4.34. The fraction of sp³-hybridized carbons (Fsp3) is 0.222. The van der Waals surface area contributed by atoms with Gasteiger partial charge in [0.2, 0.25) is 9.84 Å². The Morgan fingerprint density at radius 2 is 1.42 bits per heavy atom. The molecule has 3 rings (SSSR count). The van der Waals surface area contributed by atoms with Crippen molar-refractivity contribution in [1.82, 2.24) is 0 Å². The number of hydrogen-bond acceptors (Lipinski definition) is 4. The number of ketones is 1. The molecule has 0 unspecified atom stereocenters. The summed E-state index contributed by atoms with van der Waals surface area (Å²) in [5, 5.41) is 8.94. The SMILES string of the molecule is CC.CC.O=C(O)c1ccc2c(c1)S(=O)(=O)c1ccccc1C2=O. The van der Waals surface area contributed by atoms with Gasteiger partial charge in [-0.3, -0.25) is 4.79 Å². The Morgan fingerprint density at radius 3 is 2.00 bits per heavy atom. The number of aromatic carboxylic acids is 1. The molecule has 0 aromatic heterocycles. The van der Waals surface area contributed by atoms with Crippen LogP contribution in [0.25, 0.3) is 0 Å². The summed E-state index contributed by atoms with van der Waals surface area (Å²) in [6.45, 7) is 8.00. The van der Waals surface area contributed by atoms with Crippen molar-refractivity contribution in [3.05, 3.63) is 59.2 Å². The molecule has 0 fully saturated rings. The number of fused-ring (bicyclic) bond motifs is 2. The number of carboxylic acids is 1.